The molecule has 0 saturated carbocycles. The molecule has 0 spiro atoms. The largest absolute Gasteiger partial charge is 0.365 e. The fourth-order valence-electron chi connectivity index (χ4n) is 3.10. The van der Waals surface area contributed by atoms with Crippen molar-refractivity contribution in [3.8, 4) is 0 Å². The second-order valence-corrected chi connectivity index (χ2v) is 6.55. The van der Waals surface area contributed by atoms with E-state index >= 15 is 0 Å². The predicted octanol–water partition coefficient (Wildman–Crippen LogP) is 3.30. The van der Waals surface area contributed by atoms with Crippen LogP contribution in [0.1, 0.15) is 31.0 Å². The Morgan fingerprint density at radius 1 is 1.18 bits per heavy atom. The highest BCUT2D eigenvalue weighted by molar-refractivity contribution is 5.60. The van der Waals surface area contributed by atoms with Crippen LogP contribution in [0.25, 0.3) is 0 Å². The maximum Gasteiger partial charge on any atom is 0.146 e. The van der Waals surface area contributed by atoms with Gasteiger partial charge in [-0.3, -0.25) is 4.98 Å². The molecule has 0 amide bonds. The summed E-state index contributed by atoms with van der Waals surface area (Å²) < 4.78 is 0. The third-order valence-corrected chi connectivity index (χ3v) is 4.40. The molecular formula is C18H24N4. The normalized spacial score (nSPS) is 17.0. The van der Waals surface area contributed by atoms with Crippen LogP contribution in [-0.2, 0) is 6.54 Å². The predicted molar refractivity (Wildman–Crippen MR) is 91.4 cm³/mol. The summed E-state index contributed by atoms with van der Waals surface area (Å²) in [6, 6.07) is 8.75. The van der Waals surface area contributed by atoms with Gasteiger partial charge < -0.3 is 9.80 Å². The SMILES string of the molecule is CC(C)C1CN(Cc2cnc(N(C)C)cn2)c2ccccc21. The number of rotatable bonds is 4. The van der Waals surface area contributed by atoms with Crippen molar-refractivity contribution in [2.75, 3.05) is 30.4 Å². The van der Waals surface area contributed by atoms with Crippen LogP contribution in [-0.4, -0.2) is 30.6 Å². The van der Waals surface area contributed by atoms with Gasteiger partial charge in [0.05, 0.1) is 24.6 Å². The Balaban J connectivity index is 1.81. The van der Waals surface area contributed by atoms with E-state index in [0.29, 0.717) is 11.8 Å². The zero-order valence-corrected chi connectivity index (χ0v) is 13.8. The molecule has 4 nitrogen and oxygen atoms in total. The lowest BCUT2D eigenvalue weighted by atomic mass is 9.90. The molecule has 0 N–H and O–H groups in total. The van der Waals surface area contributed by atoms with Crippen molar-refractivity contribution in [2.45, 2.75) is 26.3 Å². The highest BCUT2D eigenvalue weighted by Crippen LogP contribution is 2.40. The van der Waals surface area contributed by atoms with Crippen molar-refractivity contribution in [3.05, 3.63) is 47.9 Å². The number of fused-ring (bicyclic) bond motifs is 1. The van der Waals surface area contributed by atoms with E-state index in [1.807, 2.05) is 31.4 Å². The van der Waals surface area contributed by atoms with Gasteiger partial charge in [0.2, 0.25) is 0 Å². The van der Waals surface area contributed by atoms with Crippen molar-refractivity contribution in [1.82, 2.24) is 9.97 Å². The molecule has 2 aromatic rings. The van der Waals surface area contributed by atoms with Crippen molar-refractivity contribution >= 4 is 11.5 Å². The molecule has 0 aliphatic carbocycles. The number of hydrogen-bond acceptors (Lipinski definition) is 4. The first kappa shape index (κ1) is 14.8. The first-order valence-corrected chi connectivity index (χ1v) is 7.88. The lowest BCUT2D eigenvalue weighted by Gasteiger charge is -2.20. The van der Waals surface area contributed by atoms with Gasteiger partial charge in [0.25, 0.3) is 0 Å². The third-order valence-electron chi connectivity index (χ3n) is 4.40. The highest BCUT2D eigenvalue weighted by Gasteiger charge is 2.30. The van der Waals surface area contributed by atoms with E-state index in [9.17, 15) is 0 Å². The number of hydrogen-bond donors (Lipinski definition) is 0. The Labute approximate surface area is 132 Å². The number of benzene rings is 1. The smallest absolute Gasteiger partial charge is 0.146 e. The van der Waals surface area contributed by atoms with Crippen molar-refractivity contribution in [3.63, 3.8) is 0 Å². The van der Waals surface area contributed by atoms with Gasteiger partial charge in [0.1, 0.15) is 5.82 Å². The van der Waals surface area contributed by atoms with E-state index in [1.54, 1.807) is 0 Å². The van der Waals surface area contributed by atoms with Crippen molar-refractivity contribution < 1.29 is 0 Å². The topological polar surface area (TPSA) is 32.3 Å². The molecule has 1 aliphatic rings. The minimum atomic E-state index is 0.602. The van der Waals surface area contributed by atoms with E-state index in [2.05, 4.69) is 53.0 Å². The molecule has 1 atom stereocenters. The van der Waals surface area contributed by atoms with Gasteiger partial charge in [-0.15, -0.1) is 0 Å². The molecular weight excluding hydrogens is 272 g/mol. The molecule has 0 saturated heterocycles. The second-order valence-electron chi connectivity index (χ2n) is 6.55. The van der Waals surface area contributed by atoms with Crippen LogP contribution in [0.5, 0.6) is 0 Å². The average Bonchev–Trinajstić information content (AvgIpc) is 2.87. The lowest BCUT2D eigenvalue weighted by molar-refractivity contribution is 0.513. The summed E-state index contributed by atoms with van der Waals surface area (Å²) in [7, 11) is 3.96. The average molecular weight is 296 g/mol. The molecule has 2 heterocycles. The maximum atomic E-state index is 4.56. The molecule has 1 aromatic heterocycles. The van der Waals surface area contributed by atoms with Gasteiger partial charge in [-0.05, 0) is 17.5 Å². The molecule has 22 heavy (non-hydrogen) atoms. The summed E-state index contributed by atoms with van der Waals surface area (Å²) in [5.41, 5.74) is 3.83. The first-order chi connectivity index (χ1) is 10.6. The molecule has 1 aliphatic heterocycles. The number of nitrogens with zero attached hydrogens (tertiary/aromatic N) is 4. The van der Waals surface area contributed by atoms with Crippen LogP contribution in [0.2, 0.25) is 0 Å². The van der Waals surface area contributed by atoms with Crippen LogP contribution < -0.4 is 9.80 Å². The number of anilines is 2. The summed E-state index contributed by atoms with van der Waals surface area (Å²) in [5.74, 6) is 2.14. The van der Waals surface area contributed by atoms with E-state index in [4.69, 9.17) is 0 Å². The van der Waals surface area contributed by atoms with E-state index in [-0.39, 0.29) is 0 Å². The van der Waals surface area contributed by atoms with Gasteiger partial charge in [-0.2, -0.15) is 0 Å². The Bertz CT molecular complexity index is 634. The van der Waals surface area contributed by atoms with Gasteiger partial charge in [0, 0.05) is 32.2 Å². The van der Waals surface area contributed by atoms with Gasteiger partial charge in [0.15, 0.2) is 0 Å². The zero-order valence-electron chi connectivity index (χ0n) is 13.8. The first-order valence-electron chi connectivity index (χ1n) is 7.88. The third kappa shape index (κ3) is 2.78. The standard InChI is InChI=1S/C18H24N4/c1-13(2)16-12-22(17-8-6-5-7-15(16)17)11-14-9-20-18(10-19-14)21(3)4/h5-10,13,16H,11-12H2,1-4H3. The molecule has 0 radical (unpaired) electrons. The van der Waals surface area contributed by atoms with Crippen LogP contribution >= 0.6 is 0 Å². The molecule has 1 unspecified atom stereocenters. The minimum absolute atomic E-state index is 0.602. The van der Waals surface area contributed by atoms with E-state index in [1.165, 1.54) is 11.3 Å². The molecule has 3 rings (SSSR count). The van der Waals surface area contributed by atoms with Crippen molar-refractivity contribution in [1.29, 1.82) is 0 Å². The fourth-order valence-corrected chi connectivity index (χ4v) is 3.10. The Morgan fingerprint density at radius 3 is 2.59 bits per heavy atom. The molecule has 116 valence electrons. The van der Waals surface area contributed by atoms with E-state index in [0.717, 1.165) is 24.6 Å². The molecule has 1 aromatic carbocycles. The monoisotopic (exact) mass is 296 g/mol. The summed E-state index contributed by atoms with van der Waals surface area (Å²) in [5, 5.41) is 0. The second kappa shape index (κ2) is 5.95. The van der Waals surface area contributed by atoms with E-state index < -0.39 is 0 Å². The van der Waals surface area contributed by atoms with Crippen LogP contribution in [0.3, 0.4) is 0 Å². The molecule has 0 bridgehead atoms. The molecule has 4 heteroatoms. The van der Waals surface area contributed by atoms with Gasteiger partial charge in [-0.25, -0.2) is 4.98 Å². The summed E-state index contributed by atoms with van der Waals surface area (Å²) in [6.07, 6.45) is 3.73. The Hall–Kier alpha value is -2.10. The Kier molecular flexibility index (Phi) is 4.01. The zero-order chi connectivity index (χ0) is 15.7. The van der Waals surface area contributed by atoms with Crippen LogP contribution in [0.15, 0.2) is 36.7 Å². The molecule has 0 fully saturated rings. The van der Waals surface area contributed by atoms with Gasteiger partial charge in [-0.1, -0.05) is 32.0 Å². The lowest BCUT2D eigenvalue weighted by Crippen LogP contribution is -2.23. The van der Waals surface area contributed by atoms with Gasteiger partial charge >= 0.3 is 0 Å². The van der Waals surface area contributed by atoms with Crippen LogP contribution in [0.4, 0.5) is 11.5 Å². The summed E-state index contributed by atoms with van der Waals surface area (Å²) in [4.78, 5) is 13.4. The highest BCUT2D eigenvalue weighted by atomic mass is 15.2. The summed E-state index contributed by atoms with van der Waals surface area (Å²) >= 11 is 0. The number of para-hydroxylation sites is 1. The minimum Gasteiger partial charge on any atom is -0.365 e. The number of aromatic nitrogens is 2. The fraction of sp³-hybridized carbons (Fsp3) is 0.444. The summed E-state index contributed by atoms with van der Waals surface area (Å²) in [6.45, 7) is 6.49. The quantitative estimate of drug-likeness (QED) is 0.866. The van der Waals surface area contributed by atoms with Crippen LogP contribution in [0, 0.1) is 5.92 Å². The Morgan fingerprint density at radius 2 is 1.95 bits per heavy atom. The maximum absolute atomic E-state index is 4.56. The van der Waals surface area contributed by atoms with Crippen molar-refractivity contribution in [2.24, 2.45) is 5.92 Å².